The van der Waals surface area contributed by atoms with E-state index < -0.39 is 11.6 Å². The van der Waals surface area contributed by atoms with E-state index in [1.807, 2.05) is 0 Å². The van der Waals surface area contributed by atoms with Crippen LogP contribution in [0.1, 0.15) is 11.1 Å². The van der Waals surface area contributed by atoms with Crippen molar-refractivity contribution in [3.8, 4) is 17.6 Å². The topological polar surface area (TPSA) is 48.1 Å². The zero-order valence-corrected chi connectivity index (χ0v) is 10.6. The number of ether oxygens (including phenoxy) is 1. The smallest absolute Gasteiger partial charge is 0.141 e. The van der Waals surface area contributed by atoms with Crippen LogP contribution in [0.2, 0.25) is 0 Å². The van der Waals surface area contributed by atoms with Gasteiger partial charge in [-0.05, 0) is 18.2 Å². The Bertz CT molecular complexity index is 662. The molecule has 0 spiro atoms. The Morgan fingerprint density at radius 1 is 1.10 bits per heavy atom. The third-order valence-electron chi connectivity index (χ3n) is 2.37. The summed E-state index contributed by atoms with van der Waals surface area (Å²) in [5.41, 5.74) is 6.29. The van der Waals surface area contributed by atoms with Crippen molar-refractivity contribution in [2.75, 3.05) is 6.54 Å². The van der Waals surface area contributed by atoms with Crippen molar-refractivity contribution in [2.24, 2.45) is 5.73 Å². The number of benzene rings is 1. The number of hydrogen-bond donors (Lipinski definition) is 1. The van der Waals surface area contributed by atoms with E-state index in [4.69, 9.17) is 10.5 Å². The fraction of sp³-hybridized carbons (Fsp3) is 0.133. The minimum atomic E-state index is -0.457. The summed E-state index contributed by atoms with van der Waals surface area (Å²) in [6, 6.07) is 5.43. The van der Waals surface area contributed by atoms with Crippen molar-refractivity contribution in [3.63, 3.8) is 0 Å². The first-order valence-corrected chi connectivity index (χ1v) is 5.89. The van der Waals surface area contributed by atoms with Crippen LogP contribution in [-0.2, 0) is 6.61 Å². The Morgan fingerprint density at radius 3 is 2.70 bits per heavy atom. The number of rotatable bonds is 3. The van der Waals surface area contributed by atoms with Crippen LogP contribution >= 0.6 is 0 Å². The van der Waals surface area contributed by atoms with E-state index in [1.54, 1.807) is 6.07 Å². The number of halogens is 2. The van der Waals surface area contributed by atoms with Gasteiger partial charge in [-0.15, -0.1) is 0 Å². The van der Waals surface area contributed by atoms with Crippen molar-refractivity contribution in [1.29, 1.82) is 0 Å². The summed E-state index contributed by atoms with van der Waals surface area (Å²) in [5.74, 6) is 4.78. The molecule has 0 saturated heterocycles. The van der Waals surface area contributed by atoms with Crippen molar-refractivity contribution in [2.45, 2.75) is 6.61 Å². The second kappa shape index (κ2) is 6.64. The van der Waals surface area contributed by atoms with Crippen molar-refractivity contribution in [1.82, 2.24) is 4.98 Å². The Kier molecular flexibility index (Phi) is 4.64. The van der Waals surface area contributed by atoms with Crippen molar-refractivity contribution in [3.05, 3.63) is 59.4 Å². The summed E-state index contributed by atoms with van der Waals surface area (Å²) in [5, 5.41) is 0. The molecule has 0 bridgehead atoms. The molecule has 20 heavy (non-hydrogen) atoms. The molecule has 0 fully saturated rings. The van der Waals surface area contributed by atoms with Crippen LogP contribution in [0.4, 0.5) is 8.78 Å². The Balaban J connectivity index is 2.11. The maximum atomic E-state index is 13.4. The minimum Gasteiger partial charge on any atom is -0.489 e. The fourth-order valence-corrected chi connectivity index (χ4v) is 1.57. The number of aromatic nitrogens is 1. The van der Waals surface area contributed by atoms with Gasteiger partial charge in [-0.25, -0.2) is 8.78 Å². The van der Waals surface area contributed by atoms with Gasteiger partial charge in [0.05, 0.1) is 12.7 Å². The zero-order valence-electron chi connectivity index (χ0n) is 10.6. The molecule has 2 N–H and O–H groups in total. The van der Waals surface area contributed by atoms with Crippen LogP contribution in [0.15, 0.2) is 36.7 Å². The molecular formula is C15H12F2N2O. The van der Waals surface area contributed by atoms with Crippen LogP contribution in [0.5, 0.6) is 5.75 Å². The fourth-order valence-electron chi connectivity index (χ4n) is 1.57. The predicted octanol–water partition coefficient (Wildman–Crippen LogP) is 2.25. The molecule has 0 unspecified atom stereocenters. The lowest BCUT2D eigenvalue weighted by molar-refractivity contribution is 0.303. The molecule has 0 aliphatic heterocycles. The maximum absolute atomic E-state index is 13.4. The number of nitrogens with zero attached hydrogens (tertiary/aromatic N) is 1. The first kappa shape index (κ1) is 14.0. The van der Waals surface area contributed by atoms with Crippen LogP contribution < -0.4 is 10.5 Å². The molecule has 5 heteroatoms. The van der Waals surface area contributed by atoms with E-state index in [9.17, 15) is 8.78 Å². The van der Waals surface area contributed by atoms with E-state index in [0.717, 1.165) is 6.20 Å². The lowest BCUT2D eigenvalue weighted by Gasteiger charge is -2.07. The molecule has 0 amide bonds. The van der Waals surface area contributed by atoms with Gasteiger partial charge in [-0.1, -0.05) is 11.8 Å². The molecule has 3 nitrogen and oxygen atoms in total. The van der Waals surface area contributed by atoms with Crippen LogP contribution in [0.3, 0.4) is 0 Å². The summed E-state index contributed by atoms with van der Waals surface area (Å²) < 4.78 is 31.7. The van der Waals surface area contributed by atoms with Gasteiger partial charge in [-0.2, -0.15) is 0 Å². The van der Waals surface area contributed by atoms with Crippen molar-refractivity contribution >= 4 is 0 Å². The summed E-state index contributed by atoms with van der Waals surface area (Å²) >= 11 is 0. The molecule has 1 heterocycles. The first-order valence-electron chi connectivity index (χ1n) is 5.89. The highest BCUT2D eigenvalue weighted by Gasteiger charge is 2.02. The quantitative estimate of drug-likeness (QED) is 0.873. The summed E-state index contributed by atoms with van der Waals surface area (Å²) in [6.07, 6.45) is 2.59. The van der Waals surface area contributed by atoms with Gasteiger partial charge in [0.2, 0.25) is 0 Å². The van der Waals surface area contributed by atoms with E-state index in [2.05, 4.69) is 16.8 Å². The maximum Gasteiger partial charge on any atom is 0.141 e. The van der Waals surface area contributed by atoms with E-state index in [0.29, 0.717) is 16.9 Å². The third-order valence-corrected chi connectivity index (χ3v) is 2.37. The Hall–Kier alpha value is -2.45. The summed E-state index contributed by atoms with van der Waals surface area (Å²) in [4.78, 5) is 3.71. The molecule has 0 radical (unpaired) electrons. The average Bonchev–Trinajstić information content (AvgIpc) is 2.42. The van der Waals surface area contributed by atoms with Gasteiger partial charge in [0.25, 0.3) is 0 Å². The molecule has 1 aromatic heterocycles. The molecule has 1 aromatic carbocycles. The normalized spacial score (nSPS) is 9.75. The highest BCUT2D eigenvalue weighted by molar-refractivity contribution is 5.40. The number of nitrogens with two attached hydrogens (primary N) is 1. The van der Waals surface area contributed by atoms with Gasteiger partial charge in [0.1, 0.15) is 24.0 Å². The molecule has 0 aliphatic rings. The first-order chi connectivity index (χ1) is 9.67. The van der Waals surface area contributed by atoms with Crippen LogP contribution in [0.25, 0.3) is 0 Å². The summed E-state index contributed by atoms with van der Waals surface area (Å²) in [7, 11) is 0. The van der Waals surface area contributed by atoms with Gasteiger partial charge in [0.15, 0.2) is 0 Å². The number of hydrogen-bond acceptors (Lipinski definition) is 3. The number of pyridine rings is 1. The van der Waals surface area contributed by atoms with Gasteiger partial charge < -0.3 is 10.5 Å². The van der Waals surface area contributed by atoms with E-state index >= 15 is 0 Å². The van der Waals surface area contributed by atoms with E-state index in [-0.39, 0.29) is 13.2 Å². The zero-order chi connectivity index (χ0) is 14.4. The SMILES string of the molecule is NCC#Cc1cc(F)cc(OCc2cncc(F)c2)c1. The average molecular weight is 274 g/mol. The lowest BCUT2D eigenvalue weighted by Crippen LogP contribution is -1.98. The van der Waals surface area contributed by atoms with Crippen molar-refractivity contribution < 1.29 is 13.5 Å². The standard InChI is InChI=1S/C15H12F2N2O/c16-13-4-11(2-1-3-18)6-15(7-13)20-10-12-5-14(17)9-19-8-12/h4-9H,3,10,18H2. The van der Waals surface area contributed by atoms with Gasteiger partial charge in [-0.3, -0.25) is 4.98 Å². The van der Waals surface area contributed by atoms with E-state index in [1.165, 1.54) is 24.4 Å². The highest BCUT2D eigenvalue weighted by Crippen LogP contribution is 2.17. The Labute approximate surface area is 115 Å². The van der Waals surface area contributed by atoms with Gasteiger partial charge >= 0.3 is 0 Å². The second-order valence-electron chi connectivity index (χ2n) is 3.98. The molecule has 102 valence electrons. The molecule has 2 aromatic rings. The largest absolute Gasteiger partial charge is 0.489 e. The summed E-state index contributed by atoms with van der Waals surface area (Å²) in [6.45, 7) is 0.291. The molecule has 0 aliphatic carbocycles. The van der Waals surface area contributed by atoms with Gasteiger partial charge in [0, 0.05) is 23.4 Å². The monoisotopic (exact) mass is 274 g/mol. The van der Waals surface area contributed by atoms with Crippen LogP contribution in [0, 0.1) is 23.5 Å². The lowest BCUT2D eigenvalue weighted by atomic mass is 10.2. The molecule has 2 rings (SSSR count). The molecule has 0 saturated carbocycles. The predicted molar refractivity (Wildman–Crippen MR) is 70.9 cm³/mol. The molecular weight excluding hydrogens is 262 g/mol. The Morgan fingerprint density at radius 2 is 1.95 bits per heavy atom. The minimum absolute atomic E-state index is 0.0952. The van der Waals surface area contributed by atoms with Crippen LogP contribution in [-0.4, -0.2) is 11.5 Å². The molecule has 0 atom stereocenters. The highest BCUT2D eigenvalue weighted by atomic mass is 19.1. The second-order valence-corrected chi connectivity index (χ2v) is 3.98. The third kappa shape index (κ3) is 4.04.